The van der Waals surface area contributed by atoms with E-state index < -0.39 is 0 Å². The predicted octanol–water partition coefficient (Wildman–Crippen LogP) is 0.825. The van der Waals surface area contributed by atoms with Gasteiger partial charge in [0.15, 0.2) is 0 Å². The van der Waals surface area contributed by atoms with Gasteiger partial charge in [0.25, 0.3) is 0 Å². The van der Waals surface area contributed by atoms with Gasteiger partial charge in [-0.2, -0.15) is 0 Å². The zero-order chi connectivity index (χ0) is 8.93. The largest absolute Gasteiger partial charge is 0.468 e. The molecule has 0 aromatic rings. The molecule has 3 atom stereocenters. The lowest BCUT2D eigenvalue weighted by Gasteiger charge is -2.16. The van der Waals surface area contributed by atoms with Crippen LogP contribution >= 0.6 is 12.4 Å². The molecule has 0 aromatic carbocycles. The summed E-state index contributed by atoms with van der Waals surface area (Å²) in [6, 6.07) is -0.0463. The molecule has 2 rings (SSSR count). The quantitative estimate of drug-likeness (QED) is 0.645. The van der Waals surface area contributed by atoms with E-state index in [0.29, 0.717) is 17.3 Å². The minimum absolute atomic E-state index is 0. The van der Waals surface area contributed by atoms with Gasteiger partial charge in [-0.3, -0.25) is 4.79 Å². The zero-order valence-electron chi connectivity index (χ0n) is 8.16. The minimum atomic E-state index is -0.104. The molecule has 1 aliphatic carbocycles. The first kappa shape index (κ1) is 10.8. The van der Waals surface area contributed by atoms with E-state index in [1.54, 1.807) is 0 Å². The highest BCUT2D eigenvalue weighted by molar-refractivity contribution is 5.85. The highest BCUT2D eigenvalue weighted by Gasteiger charge is 2.66. The normalized spacial score (nSPS) is 38.8. The van der Waals surface area contributed by atoms with Crippen LogP contribution in [0.2, 0.25) is 0 Å². The van der Waals surface area contributed by atoms with Crippen LogP contribution in [0, 0.1) is 17.3 Å². The number of hydrogen-bond acceptors (Lipinski definition) is 3. The van der Waals surface area contributed by atoms with Gasteiger partial charge in [-0.25, -0.2) is 0 Å². The lowest BCUT2D eigenvalue weighted by atomic mass is 10.0. The van der Waals surface area contributed by atoms with E-state index in [0.717, 1.165) is 6.54 Å². The summed E-state index contributed by atoms with van der Waals surface area (Å²) in [6.07, 6.45) is 0. The molecular weight excluding hydrogens is 190 g/mol. The monoisotopic (exact) mass is 205 g/mol. The number of carbonyl (C=O) groups is 1. The maximum absolute atomic E-state index is 11.3. The molecule has 1 saturated carbocycles. The smallest absolute Gasteiger partial charge is 0.323 e. The van der Waals surface area contributed by atoms with Crippen molar-refractivity contribution in [3.8, 4) is 0 Å². The van der Waals surface area contributed by atoms with Crippen LogP contribution in [0.4, 0.5) is 0 Å². The Labute approximate surface area is 84.6 Å². The molecule has 2 fully saturated rings. The van der Waals surface area contributed by atoms with E-state index in [1.165, 1.54) is 7.11 Å². The van der Waals surface area contributed by atoms with Crippen molar-refractivity contribution in [3.63, 3.8) is 0 Å². The van der Waals surface area contributed by atoms with Crippen molar-refractivity contribution >= 4 is 18.4 Å². The highest BCUT2D eigenvalue weighted by atomic mass is 35.5. The highest BCUT2D eigenvalue weighted by Crippen LogP contribution is 2.62. The average Bonchev–Trinajstić information content (AvgIpc) is 2.52. The molecule has 0 aromatic heterocycles. The molecule has 1 saturated heterocycles. The predicted molar refractivity (Wildman–Crippen MR) is 51.8 cm³/mol. The Morgan fingerprint density at radius 2 is 2.15 bits per heavy atom. The summed E-state index contributed by atoms with van der Waals surface area (Å²) in [4.78, 5) is 11.3. The molecule has 3 nitrogen and oxygen atoms in total. The summed E-state index contributed by atoms with van der Waals surface area (Å²) in [7, 11) is 1.45. The summed E-state index contributed by atoms with van der Waals surface area (Å²) in [5, 5.41) is 3.19. The number of rotatable bonds is 1. The van der Waals surface area contributed by atoms with Crippen LogP contribution in [0.1, 0.15) is 13.8 Å². The second kappa shape index (κ2) is 3.14. The van der Waals surface area contributed by atoms with Gasteiger partial charge in [0.1, 0.15) is 6.04 Å². The molecule has 1 N–H and O–H groups in total. The second-order valence-corrected chi connectivity index (χ2v) is 4.36. The zero-order valence-corrected chi connectivity index (χ0v) is 8.98. The van der Waals surface area contributed by atoms with Crippen molar-refractivity contribution in [2.24, 2.45) is 17.3 Å². The first-order valence-corrected chi connectivity index (χ1v) is 4.40. The number of halogens is 1. The topological polar surface area (TPSA) is 38.3 Å². The van der Waals surface area contributed by atoms with Crippen molar-refractivity contribution in [1.29, 1.82) is 0 Å². The number of methoxy groups -OCH3 is 1. The number of hydrogen-bond donors (Lipinski definition) is 1. The second-order valence-electron chi connectivity index (χ2n) is 4.36. The van der Waals surface area contributed by atoms with E-state index in [-0.39, 0.29) is 24.4 Å². The number of carbonyl (C=O) groups excluding carboxylic acids is 1. The first-order chi connectivity index (χ1) is 5.59. The van der Waals surface area contributed by atoms with E-state index in [1.807, 2.05) is 0 Å². The molecule has 1 heterocycles. The summed E-state index contributed by atoms with van der Waals surface area (Å²) >= 11 is 0. The molecule has 2 aliphatic rings. The summed E-state index contributed by atoms with van der Waals surface area (Å²) in [5.41, 5.74) is 0.351. The SMILES string of the molecule is COC(=O)C1NC[C@H]2[C@H]1C2(C)C.Cl. The Morgan fingerprint density at radius 3 is 2.54 bits per heavy atom. The third-order valence-corrected chi connectivity index (χ3v) is 3.51. The Bertz CT molecular complexity index is 230. The summed E-state index contributed by atoms with van der Waals surface area (Å²) in [6.45, 7) is 5.41. The Morgan fingerprint density at radius 1 is 1.54 bits per heavy atom. The minimum Gasteiger partial charge on any atom is -0.468 e. The Balaban J connectivity index is 0.000000845. The van der Waals surface area contributed by atoms with Gasteiger partial charge in [0.05, 0.1) is 7.11 Å². The molecular formula is C9H16ClNO2. The van der Waals surface area contributed by atoms with Crippen molar-refractivity contribution in [3.05, 3.63) is 0 Å². The third-order valence-electron chi connectivity index (χ3n) is 3.51. The van der Waals surface area contributed by atoms with Crippen LogP contribution in [0.3, 0.4) is 0 Å². The fraction of sp³-hybridized carbons (Fsp3) is 0.889. The van der Waals surface area contributed by atoms with Crippen LogP contribution in [0.25, 0.3) is 0 Å². The van der Waals surface area contributed by atoms with Crippen LogP contribution in [-0.4, -0.2) is 25.7 Å². The van der Waals surface area contributed by atoms with Gasteiger partial charge in [0.2, 0.25) is 0 Å². The van der Waals surface area contributed by atoms with Crippen LogP contribution in [0.15, 0.2) is 0 Å². The molecule has 0 bridgehead atoms. The molecule has 4 heteroatoms. The van der Waals surface area contributed by atoms with Gasteiger partial charge in [0, 0.05) is 0 Å². The van der Waals surface area contributed by atoms with Gasteiger partial charge in [-0.15, -0.1) is 12.4 Å². The lowest BCUT2D eigenvalue weighted by Crippen LogP contribution is -2.38. The van der Waals surface area contributed by atoms with Gasteiger partial charge >= 0.3 is 5.97 Å². The van der Waals surface area contributed by atoms with Gasteiger partial charge in [-0.05, 0) is 23.8 Å². The molecule has 1 unspecified atom stereocenters. The standard InChI is InChI=1S/C9H15NO2.ClH/c1-9(2)5-4-10-7(6(5)9)8(11)12-3;/h5-7,10H,4H2,1-3H3;1H/t5-,6+,7?;/m0./s1. The fourth-order valence-corrected chi connectivity index (χ4v) is 2.58. The van der Waals surface area contributed by atoms with Crippen molar-refractivity contribution < 1.29 is 9.53 Å². The Kier molecular flexibility index (Phi) is 2.61. The van der Waals surface area contributed by atoms with Crippen LogP contribution in [0.5, 0.6) is 0 Å². The number of fused-ring (bicyclic) bond motifs is 1. The lowest BCUT2D eigenvalue weighted by molar-refractivity contribution is -0.143. The van der Waals surface area contributed by atoms with Crippen molar-refractivity contribution in [2.75, 3.05) is 13.7 Å². The third kappa shape index (κ3) is 1.34. The van der Waals surface area contributed by atoms with Crippen molar-refractivity contribution in [2.45, 2.75) is 19.9 Å². The molecule has 0 spiro atoms. The molecule has 76 valence electrons. The maximum atomic E-state index is 11.3. The number of ether oxygens (including phenoxy) is 1. The molecule has 0 radical (unpaired) electrons. The van der Waals surface area contributed by atoms with Crippen LogP contribution in [-0.2, 0) is 9.53 Å². The van der Waals surface area contributed by atoms with Crippen LogP contribution < -0.4 is 5.32 Å². The molecule has 13 heavy (non-hydrogen) atoms. The van der Waals surface area contributed by atoms with Crippen molar-refractivity contribution in [1.82, 2.24) is 5.32 Å². The maximum Gasteiger partial charge on any atom is 0.323 e. The van der Waals surface area contributed by atoms with E-state index in [2.05, 4.69) is 19.2 Å². The van der Waals surface area contributed by atoms with E-state index >= 15 is 0 Å². The molecule has 0 amide bonds. The van der Waals surface area contributed by atoms with E-state index in [4.69, 9.17) is 4.74 Å². The number of esters is 1. The average molecular weight is 206 g/mol. The summed E-state index contributed by atoms with van der Waals surface area (Å²) in [5.74, 6) is 1.08. The first-order valence-electron chi connectivity index (χ1n) is 4.40. The fourth-order valence-electron chi connectivity index (χ4n) is 2.58. The van der Waals surface area contributed by atoms with Gasteiger partial charge < -0.3 is 10.1 Å². The Hall–Kier alpha value is -0.280. The number of piperidine rings is 1. The number of nitrogens with one attached hydrogen (secondary N) is 1. The summed E-state index contributed by atoms with van der Waals surface area (Å²) < 4.78 is 4.72. The molecule has 1 aliphatic heterocycles. The van der Waals surface area contributed by atoms with E-state index in [9.17, 15) is 4.79 Å². The van der Waals surface area contributed by atoms with Gasteiger partial charge in [-0.1, -0.05) is 13.8 Å².